The van der Waals surface area contributed by atoms with Crippen LogP contribution < -0.4 is 4.74 Å². The number of benzene rings is 1. The van der Waals surface area contributed by atoms with Crippen molar-refractivity contribution in [3.05, 3.63) is 29.8 Å². The third-order valence-corrected chi connectivity index (χ3v) is 5.86. The average molecular weight is 374 g/mol. The summed E-state index contributed by atoms with van der Waals surface area (Å²) in [6.45, 7) is 2.00. The number of methoxy groups -OCH3 is 1. The van der Waals surface area contributed by atoms with Crippen molar-refractivity contribution in [3.63, 3.8) is 0 Å². The molecule has 2 aliphatic rings. The fraction of sp³-hybridized carbons (Fsp3) is 0.550. The Morgan fingerprint density at radius 3 is 2.52 bits per heavy atom. The summed E-state index contributed by atoms with van der Waals surface area (Å²) in [7, 11) is 3.48. The first-order valence-corrected chi connectivity index (χ1v) is 9.22. The molecule has 2 aliphatic heterocycles. The number of piperidine rings is 1. The standard InChI is InChI=1S/C20H26N2O5/c1-21-10-9-15-11-22(13-20(15,12-21)19(25)26)18(24)8-7-17(23)14-3-5-16(27-2)6-4-14/h3-6,15H,7-13H2,1-2H3,(H,25,26)/t15-,20-/m1/s1. The molecule has 0 unspecified atom stereocenters. The molecule has 1 N–H and O–H groups in total. The van der Waals surface area contributed by atoms with Crippen LogP contribution in [0.25, 0.3) is 0 Å². The van der Waals surface area contributed by atoms with Crippen LogP contribution in [0.5, 0.6) is 5.75 Å². The van der Waals surface area contributed by atoms with E-state index in [1.54, 1.807) is 36.3 Å². The summed E-state index contributed by atoms with van der Waals surface area (Å²) < 4.78 is 5.07. The predicted octanol–water partition coefficient (Wildman–Crippen LogP) is 1.52. The predicted molar refractivity (Wildman–Crippen MR) is 98.8 cm³/mol. The zero-order valence-electron chi connectivity index (χ0n) is 15.8. The molecule has 0 radical (unpaired) electrons. The van der Waals surface area contributed by atoms with Crippen LogP contribution in [0.2, 0.25) is 0 Å². The van der Waals surface area contributed by atoms with Crippen molar-refractivity contribution in [3.8, 4) is 5.75 Å². The molecule has 2 atom stereocenters. The fourth-order valence-corrected chi connectivity index (χ4v) is 4.26. The number of carbonyl (C=O) groups excluding carboxylic acids is 2. The van der Waals surface area contributed by atoms with Gasteiger partial charge in [0, 0.05) is 38.0 Å². The van der Waals surface area contributed by atoms with E-state index in [0.29, 0.717) is 24.4 Å². The van der Waals surface area contributed by atoms with Crippen molar-refractivity contribution in [2.24, 2.45) is 11.3 Å². The maximum absolute atomic E-state index is 12.6. The van der Waals surface area contributed by atoms with Gasteiger partial charge in [-0.15, -0.1) is 0 Å². The second-order valence-electron chi connectivity index (χ2n) is 7.61. The molecular formula is C20H26N2O5. The number of nitrogens with zero attached hydrogens (tertiary/aromatic N) is 2. The van der Waals surface area contributed by atoms with Gasteiger partial charge in [-0.05, 0) is 50.2 Å². The SMILES string of the molecule is COc1ccc(C(=O)CCC(=O)N2C[C@H]3CCN(C)C[C@@]3(C(=O)O)C2)cc1. The highest BCUT2D eigenvalue weighted by atomic mass is 16.5. The Morgan fingerprint density at radius 1 is 1.19 bits per heavy atom. The van der Waals surface area contributed by atoms with Gasteiger partial charge in [-0.2, -0.15) is 0 Å². The van der Waals surface area contributed by atoms with Gasteiger partial charge in [0.25, 0.3) is 0 Å². The van der Waals surface area contributed by atoms with Gasteiger partial charge in [0.15, 0.2) is 5.78 Å². The number of ketones is 1. The average Bonchev–Trinajstić information content (AvgIpc) is 3.06. The van der Waals surface area contributed by atoms with Gasteiger partial charge >= 0.3 is 5.97 Å². The highest BCUT2D eigenvalue weighted by Gasteiger charge is 2.55. The lowest BCUT2D eigenvalue weighted by Gasteiger charge is -2.39. The summed E-state index contributed by atoms with van der Waals surface area (Å²) in [6.07, 6.45) is 0.993. The second kappa shape index (κ2) is 7.68. The van der Waals surface area contributed by atoms with Crippen molar-refractivity contribution >= 4 is 17.7 Å². The third-order valence-electron chi connectivity index (χ3n) is 5.86. The highest BCUT2D eigenvalue weighted by molar-refractivity contribution is 5.98. The molecule has 0 spiro atoms. The van der Waals surface area contributed by atoms with E-state index < -0.39 is 11.4 Å². The molecule has 2 fully saturated rings. The van der Waals surface area contributed by atoms with Crippen LogP contribution in [-0.2, 0) is 9.59 Å². The van der Waals surface area contributed by atoms with Gasteiger partial charge in [-0.25, -0.2) is 0 Å². The van der Waals surface area contributed by atoms with Gasteiger partial charge in [-0.1, -0.05) is 0 Å². The Hall–Kier alpha value is -2.41. The summed E-state index contributed by atoms with van der Waals surface area (Å²) in [4.78, 5) is 40.5. The monoisotopic (exact) mass is 374 g/mol. The summed E-state index contributed by atoms with van der Waals surface area (Å²) in [5.41, 5.74) is -0.342. The number of carboxylic acids is 1. The molecule has 0 bridgehead atoms. The van der Waals surface area contributed by atoms with E-state index in [9.17, 15) is 19.5 Å². The third kappa shape index (κ3) is 3.83. The molecule has 1 aromatic carbocycles. The van der Waals surface area contributed by atoms with E-state index in [0.717, 1.165) is 13.0 Å². The first-order valence-electron chi connectivity index (χ1n) is 9.22. The summed E-state index contributed by atoms with van der Waals surface area (Å²) in [6, 6.07) is 6.80. The van der Waals surface area contributed by atoms with E-state index in [2.05, 4.69) is 0 Å². The van der Waals surface area contributed by atoms with Crippen molar-refractivity contribution < 1.29 is 24.2 Å². The van der Waals surface area contributed by atoms with E-state index in [4.69, 9.17) is 4.74 Å². The number of carbonyl (C=O) groups is 3. The van der Waals surface area contributed by atoms with Gasteiger partial charge in [0.05, 0.1) is 7.11 Å². The largest absolute Gasteiger partial charge is 0.497 e. The Bertz CT molecular complexity index is 732. The Kier molecular flexibility index (Phi) is 5.51. The number of carboxylic acid groups (broad SMARTS) is 1. The number of fused-ring (bicyclic) bond motifs is 1. The summed E-state index contributed by atoms with van der Waals surface area (Å²) >= 11 is 0. The van der Waals surface area contributed by atoms with Crippen molar-refractivity contribution in [1.29, 1.82) is 0 Å². The highest BCUT2D eigenvalue weighted by Crippen LogP contribution is 2.42. The number of aliphatic carboxylic acids is 1. The molecule has 146 valence electrons. The molecular weight excluding hydrogens is 348 g/mol. The van der Waals surface area contributed by atoms with Crippen LogP contribution in [0.4, 0.5) is 0 Å². The zero-order chi connectivity index (χ0) is 19.6. The van der Waals surface area contributed by atoms with Crippen LogP contribution in [0.1, 0.15) is 29.6 Å². The minimum absolute atomic E-state index is 0.0209. The van der Waals surface area contributed by atoms with E-state index in [-0.39, 0.29) is 37.0 Å². The van der Waals surface area contributed by atoms with Gasteiger partial charge in [-0.3, -0.25) is 14.4 Å². The number of Topliss-reactive ketones (excluding diaryl/α,β-unsaturated/α-hetero) is 1. The molecule has 7 nitrogen and oxygen atoms in total. The molecule has 2 heterocycles. The zero-order valence-corrected chi connectivity index (χ0v) is 15.8. The Morgan fingerprint density at radius 2 is 1.89 bits per heavy atom. The lowest BCUT2D eigenvalue weighted by Crippen LogP contribution is -2.52. The quantitative estimate of drug-likeness (QED) is 0.760. The first-order chi connectivity index (χ1) is 12.9. The molecule has 7 heteroatoms. The molecule has 1 aromatic rings. The number of ether oxygens (including phenoxy) is 1. The van der Waals surface area contributed by atoms with Crippen molar-refractivity contribution in [2.45, 2.75) is 19.3 Å². The van der Waals surface area contributed by atoms with E-state index in [1.165, 1.54) is 0 Å². The van der Waals surface area contributed by atoms with E-state index >= 15 is 0 Å². The smallest absolute Gasteiger partial charge is 0.313 e. The molecule has 3 rings (SSSR count). The molecule has 0 aromatic heterocycles. The fourth-order valence-electron chi connectivity index (χ4n) is 4.26. The molecule has 0 saturated carbocycles. The minimum atomic E-state index is -0.886. The van der Waals surface area contributed by atoms with Crippen LogP contribution in [0.3, 0.4) is 0 Å². The van der Waals surface area contributed by atoms with Gasteiger partial charge in [0.2, 0.25) is 5.91 Å². The lowest BCUT2D eigenvalue weighted by atomic mass is 9.73. The van der Waals surface area contributed by atoms with Crippen molar-refractivity contribution in [1.82, 2.24) is 9.80 Å². The van der Waals surface area contributed by atoms with Crippen LogP contribution in [0, 0.1) is 11.3 Å². The molecule has 0 aliphatic carbocycles. The summed E-state index contributed by atoms with van der Waals surface area (Å²) in [5, 5.41) is 9.80. The van der Waals surface area contributed by atoms with E-state index in [1.807, 2.05) is 11.9 Å². The number of rotatable bonds is 6. The number of hydrogen-bond donors (Lipinski definition) is 1. The van der Waals surface area contributed by atoms with Crippen LogP contribution >= 0.6 is 0 Å². The van der Waals surface area contributed by atoms with Gasteiger partial charge < -0.3 is 19.6 Å². The lowest BCUT2D eigenvalue weighted by molar-refractivity contribution is -0.154. The first kappa shape index (κ1) is 19.4. The second-order valence-corrected chi connectivity index (χ2v) is 7.61. The minimum Gasteiger partial charge on any atom is -0.497 e. The normalized spacial score (nSPS) is 25.1. The number of amides is 1. The Balaban J connectivity index is 1.60. The van der Waals surface area contributed by atoms with Crippen molar-refractivity contribution in [2.75, 3.05) is 40.3 Å². The maximum Gasteiger partial charge on any atom is 0.313 e. The summed E-state index contributed by atoms with van der Waals surface area (Å²) in [5.74, 6) is -0.424. The number of likely N-dealkylation sites (tertiary alicyclic amines) is 2. The van der Waals surface area contributed by atoms with Crippen LogP contribution in [0.15, 0.2) is 24.3 Å². The molecule has 2 saturated heterocycles. The maximum atomic E-state index is 12.6. The topological polar surface area (TPSA) is 87.2 Å². The number of hydrogen-bond acceptors (Lipinski definition) is 5. The molecule has 27 heavy (non-hydrogen) atoms. The Labute approximate surface area is 158 Å². The van der Waals surface area contributed by atoms with Gasteiger partial charge in [0.1, 0.15) is 11.2 Å². The molecule has 1 amide bonds. The van der Waals surface area contributed by atoms with Crippen LogP contribution in [-0.4, -0.2) is 72.9 Å².